The molecule has 0 saturated carbocycles. The van der Waals surface area contributed by atoms with E-state index in [4.69, 9.17) is 0 Å². The van der Waals surface area contributed by atoms with E-state index in [-0.39, 0.29) is 12.5 Å². The summed E-state index contributed by atoms with van der Waals surface area (Å²) < 4.78 is 1.60. The predicted molar refractivity (Wildman–Crippen MR) is 82.1 cm³/mol. The number of hydrogen-bond donors (Lipinski definition) is 1. The minimum Gasteiger partial charge on any atom is -0.324 e. The van der Waals surface area contributed by atoms with Gasteiger partial charge in [-0.3, -0.25) is 4.79 Å². The van der Waals surface area contributed by atoms with E-state index >= 15 is 0 Å². The first-order valence-electron chi connectivity index (χ1n) is 6.79. The van der Waals surface area contributed by atoms with Crippen LogP contribution in [0.5, 0.6) is 0 Å². The highest BCUT2D eigenvalue weighted by Gasteiger charge is 2.09. The van der Waals surface area contributed by atoms with Crippen LogP contribution in [0.3, 0.4) is 0 Å². The van der Waals surface area contributed by atoms with Crippen molar-refractivity contribution >= 4 is 22.6 Å². The van der Waals surface area contributed by atoms with Crippen molar-refractivity contribution < 1.29 is 4.79 Å². The number of nitrogens with zero attached hydrogens (tertiary/aromatic N) is 3. The Labute approximate surface area is 122 Å². The molecule has 1 aromatic heterocycles. The maximum absolute atomic E-state index is 12.1. The van der Waals surface area contributed by atoms with Gasteiger partial charge in [-0.15, -0.1) is 5.10 Å². The number of anilines is 1. The van der Waals surface area contributed by atoms with Gasteiger partial charge in [0, 0.05) is 5.69 Å². The maximum atomic E-state index is 12.1. The number of hydrogen-bond acceptors (Lipinski definition) is 3. The van der Waals surface area contributed by atoms with Crippen LogP contribution in [0.15, 0.2) is 42.5 Å². The zero-order chi connectivity index (χ0) is 14.8. The first-order chi connectivity index (χ1) is 10.1. The average molecular weight is 280 g/mol. The van der Waals surface area contributed by atoms with Crippen molar-refractivity contribution in [3.05, 3.63) is 53.6 Å². The van der Waals surface area contributed by atoms with Crippen LogP contribution in [-0.2, 0) is 11.3 Å². The summed E-state index contributed by atoms with van der Waals surface area (Å²) in [5.74, 6) is -0.117. The molecular weight excluding hydrogens is 264 g/mol. The highest BCUT2D eigenvalue weighted by Crippen LogP contribution is 2.14. The second-order valence-corrected chi connectivity index (χ2v) is 5.08. The van der Waals surface area contributed by atoms with Crippen molar-refractivity contribution in [3.63, 3.8) is 0 Å². The molecule has 3 rings (SSSR count). The Morgan fingerprint density at radius 3 is 2.76 bits per heavy atom. The van der Waals surface area contributed by atoms with Crippen LogP contribution in [-0.4, -0.2) is 20.9 Å². The number of benzene rings is 2. The van der Waals surface area contributed by atoms with E-state index in [1.54, 1.807) is 4.68 Å². The van der Waals surface area contributed by atoms with Crippen LogP contribution < -0.4 is 5.32 Å². The van der Waals surface area contributed by atoms with Gasteiger partial charge in [0.1, 0.15) is 12.1 Å². The second-order valence-electron chi connectivity index (χ2n) is 5.08. The molecule has 1 N–H and O–H groups in total. The topological polar surface area (TPSA) is 59.8 Å². The molecule has 0 atom stereocenters. The van der Waals surface area contributed by atoms with Gasteiger partial charge in [-0.05, 0) is 49.2 Å². The third kappa shape index (κ3) is 2.76. The van der Waals surface area contributed by atoms with Crippen LogP contribution in [0.1, 0.15) is 11.1 Å². The summed E-state index contributed by atoms with van der Waals surface area (Å²) in [4.78, 5) is 12.1. The lowest BCUT2D eigenvalue weighted by Crippen LogP contribution is -2.19. The van der Waals surface area contributed by atoms with Gasteiger partial charge in [0.25, 0.3) is 0 Å². The van der Waals surface area contributed by atoms with Crippen molar-refractivity contribution in [2.75, 3.05) is 5.32 Å². The minimum absolute atomic E-state index is 0.117. The second kappa shape index (κ2) is 5.36. The molecule has 2 aromatic carbocycles. The normalized spacial score (nSPS) is 10.8. The quantitative estimate of drug-likeness (QED) is 0.802. The number of amides is 1. The van der Waals surface area contributed by atoms with E-state index in [0.29, 0.717) is 0 Å². The SMILES string of the molecule is Cc1ccc(NC(=O)Cn2nnc3ccccc32)cc1C. The third-order valence-electron chi connectivity index (χ3n) is 3.50. The highest BCUT2D eigenvalue weighted by molar-refractivity contribution is 5.91. The van der Waals surface area contributed by atoms with Gasteiger partial charge in [-0.25, -0.2) is 4.68 Å². The molecule has 0 bridgehead atoms. The smallest absolute Gasteiger partial charge is 0.246 e. The molecule has 0 aliphatic carbocycles. The minimum atomic E-state index is -0.117. The summed E-state index contributed by atoms with van der Waals surface area (Å²) >= 11 is 0. The number of fused-ring (bicyclic) bond motifs is 1. The molecule has 5 nitrogen and oxygen atoms in total. The number of aryl methyl sites for hydroxylation is 2. The largest absolute Gasteiger partial charge is 0.324 e. The van der Waals surface area contributed by atoms with E-state index in [0.717, 1.165) is 22.3 Å². The van der Waals surface area contributed by atoms with Gasteiger partial charge in [0.15, 0.2) is 0 Å². The van der Waals surface area contributed by atoms with Gasteiger partial charge in [-0.2, -0.15) is 0 Å². The van der Waals surface area contributed by atoms with Crippen LogP contribution in [0.25, 0.3) is 11.0 Å². The van der Waals surface area contributed by atoms with Crippen LogP contribution in [0.4, 0.5) is 5.69 Å². The van der Waals surface area contributed by atoms with Crippen LogP contribution >= 0.6 is 0 Å². The Morgan fingerprint density at radius 2 is 1.95 bits per heavy atom. The number of rotatable bonds is 3. The molecule has 21 heavy (non-hydrogen) atoms. The fourth-order valence-electron chi connectivity index (χ4n) is 2.19. The molecule has 0 spiro atoms. The van der Waals surface area contributed by atoms with Gasteiger partial charge in [0.2, 0.25) is 5.91 Å². The highest BCUT2D eigenvalue weighted by atomic mass is 16.2. The van der Waals surface area contributed by atoms with Crippen LogP contribution in [0.2, 0.25) is 0 Å². The molecule has 5 heteroatoms. The Balaban J connectivity index is 1.75. The molecule has 3 aromatic rings. The average Bonchev–Trinajstić information content (AvgIpc) is 2.86. The Hall–Kier alpha value is -2.69. The van der Waals surface area contributed by atoms with Crippen molar-refractivity contribution in [1.82, 2.24) is 15.0 Å². The summed E-state index contributed by atoms with van der Waals surface area (Å²) in [6.07, 6.45) is 0. The fraction of sp³-hybridized carbons (Fsp3) is 0.188. The first kappa shape index (κ1) is 13.3. The van der Waals surface area contributed by atoms with Gasteiger partial charge in [0.05, 0.1) is 5.52 Å². The lowest BCUT2D eigenvalue weighted by atomic mass is 10.1. The zero-order valence-corrected chi connectivity index (χ0v) is 12.0. The summed E-state index contributed by atoms with van der Waals surface area (Å²) in [6.45, 7) is 4.21. The monoisotopic (exact) mass is 280 g/mol. The summed E-state index contributed by atoms with van der Waals surface area (Å²) in [5.41, 5.74) is 4.80. The summed E-state index contributed by atoms with van der Waals surface area (Å²) in [7, 11) is 0. The standard InChI is InChI=1S/C16H16N4O/c1-11-7-8-13(9-12(11)2)17-16(21)10-20-15-6-4-3-5-14(15)18-19-20/h3-9H,10H2,1-2H3,(H,17,21). The number of para-hydroxylation sites is 1. The molecule has 0 saturated heterocycles. The molecule has 0 radical (unpaired) electrons. The van der Waals surface area contributed by atoms with Gasteiger partial charge in [-0.1, -0.05) is 23.4 Å². The van der Waals surface area contributed by atoms with E-state index in [2.05, 4.69) is 15.6 Å². The van der Waals surface area contributed by atoms with E-state index in [1.165, 1.54) is 5.56 Å². The lowest BCUT2D eigenvalue weighted by molar-refractivity contribution is -0.116. The van der Waals surface area contributed by atoms with Crippen molar-refractivity contribution in [2.24, 2.45) is 0 Å². The van der Waals surface area contributed by atoms with Crippen LogP contribution in [0, 0.1) is 13.8 Å². The zero-order valence-electron chi connectivity index (χ0n) is 12.0. The van der Waals surface area contributed by atoms with Gasteiger partial charge >= 0.3 is 0 Å². The molecule has 1 heterocycles. The van der Waals surface area contributed by atoms with Gasteiger partial charge < -0.3 is 5.32 Å². The summed E-state index contributed by atoms with van der Waals surface area (Å²) in [5, 5.41) is 10.9. The molecular formula is C16H16N4O. The molecule has 0 fully saturated rings. The maximum Gasteiger partial charge on any atom is 0.246 e. The molecule has 0 unspecified atom stereocenters. The third-order valence-corrected chi connectivity index (χ3v) is 3.50. The van der Waals surface area contributed by atoms with Crippen molar-refractivity contribution in [3.8, 4) is 0 Å². The van der Waals surface area contributed by atoms with E-state index in [1.807, 2.05) is 56.3 Å². The Morgan fingerprint density at radius 1 is 1.14 bits per heavy atom. The molecule has 106 valence electrons. The number of nitrogens with one attached hydrogen (secondary N) is 1. The summed E-state index contributed by atoms with van der Waals surface area (Å²) in [6, 6.07) is 13.4. The number of aromatic nitrogens is 3. The molecule has 0 aliphatic rings. The number of carbonyl (C=O) groups excluding carboxylic acids is 1. The lowest BCUT2D eigenvalue weighted by Gasteiger charge is -2.08. The van der Waals surface area contributed by atoms with Crippen molar-refractivity contribution in [2.45, 2.75) is 20.4 Å². The first-order valence-corrected chi connectivity index (χ1v) is 6.79. The predicted octanol–water partition coefficient (Wildman–Crippen LogP) is 2.69. The fourth-order valence-corrected chi connectivity index (χ4v) is 2.19. The Kier molecular flexibility index (Phi) is 3.39. The van der Waals surface area contributed by atoms with Crippen molar-refractivity contribution in [1.29, 1.82) is 0 Å². The number of carbonyl (C=O) groups is 1. The van der Waals surface area contributed by atoms with E-state index < -0.39 is 0 Å². The van der Waals surface area contributed by atoms with E-state index in [9.17, 15) is 4.79 Å². The molecule has 0 aliphatic heterocycles. The molecule has 1 amide bonds. The Bertz CT molecular complexity index is 807.